The molecule has 0 spiro atoms. The second-order valence-electron chi connectivity index (χ2n) is 9.83. The Hall–Kier alpha value is -3.34. The fourth-order valence-electron chi connectivity index (χ4n) is 5.46. The minimum Gasteiger partial charge on any atom is -0.490 e. The van der Waals surface area contributed by atoms with Gasteiger partial charge in [0.05, 0.1) is 11.7 Å². The molecule has 0 saturated heterocycles. The summed E-state index contributed by atoms with van der Waals surface area (Å²) in [6, 6.07) is 29.3. The van der Waals surface area contributed by atoms with Gasteiger partial charge < -0.3 is 15.2 Å². The van der Waals surface area contributed by atoms with E-state index in [0.717, 1.165) is 48.2 Å². The van der Waals surface area contributed by atoms with Gasteiger partial charge in [-0.25, -0.2) is 4.79 Å². The van der Waals surface area contributed by atoms with Crippen LogP contribution < -0.4 is 10.1 Å². The van der Waals surface area contributed by atoms with Crippen molar-refractivity contribution < 1.29 is 14.6 Å². The highest BCUT2D eigenvalue weighted by Crippen LogP contribution is 2.41. The number of hydrogen-bond donors (Lipinski definition) is 2. The molecule has 1 unspecified atom stereocenters. The summed E-state index contributed by atoms with van der Waals surface area (Å²) in [6.45, 7) is 4.98. The van der Waals surface area contributed by atoms with Crippen molar-refractivity contribution in [3.05, 3.63) is 113 Å². The molecule has 0 bridgehead atoms. The van der Waals surface area contributed by atoms with Crippen LogP contribution in [0.5, 0.6) is 5.75 Å². The van der Waals surface area contributed by atoms with Gasteiger partial charge >= 0.3 is 5.97 Å². The summed E-state index contributed by atoms with van der Waals surface area (Å²) in [6.07, 6.45) is 2.88. The lowest BCUT2D eigenvalue weighted by atomic mass is 9.82. The smallest absolute Gasteiger partial charge is 0.335 e. The van der Waals surface area contributed by atoms with E-state index in [2.05, 4.69) is 66.8 Å². The minimum atomic E-state index is -0.877. The zero-order chi connectivity index (χ0) is 25.1. The van der Waals surface area contributed by atoms with Crippen LogP contribution in [0.4, 0.5) is 0 Å². The van der Waals surface area contributed by atoms with Crippen molar-refractivity contribution in [2.75, 3.05) is 6.54 Å². The van der Waals surface area contributed by atoms with E-state index in [1.165, 1.54) is 16.3 Å². The number of carbonyl (C=O) groups is 1. The fraction of sp³-hybridized carbons (Fsp3) is 0.281. The average molecular weight is 516 g/mol. The van der Waals surface area contributed by atoms with Crippen molar-refractivity contribution >= 4 is 29.1 Å². The molecule has 4 nitrogen and oxygen atoms in total. The van der Waals surface area contributed by atoms with Crippen LogP contribution >= 0.6 is 12.4 Å². The van der Waals surface area contributed by atoms with Crippen LogP contribution in [0.2, 0.25) is 0 Å². The maximum Gasteiger partial charge on any atom is 0.335 e. The molecule has 0 saturated carbocycles. The predicted molar refractivity (Wildman–Crippen MR) is 152 cm³/mol. The largest absolute Gasteiger partial charge is 0.490 e. The van der Waals surface area contributed by atoms with Crippen molar-refractivity contribution in [1.82, 2.24) is 5.32 Å². The van der Waals surface area contributed by atoms with Crippen LogP contribution in [0.25, 0.3) is 10.8 Å². The van der Waals surface area contributed by atoms with Crippen molar-refractivity contribution in [2.45, 2.75) is 51.2 Å². The van der Waals surface area contributed by atoms with Crippen LogP contribution in [-0.2, 0) is 0 Å². The van der Waals surface area contributed by atoms with Gasteiger partial charge in [0, 0.05) is 17.5 Å². The molecule has 2 N–H and O–H groups in total. The van der Waals surface area contributed by atoms with E-state index >= 15 is 0 Å². The van der Waals surface area contributed by atoms with Gasteiger partial charge in [0.2, 0.25) is 0 Å². The maximum absolute atomic E-state index is 11.7. The SMILES string of the molecule is Cc1ccc([C@@H]2C[C@H](CCCNC(C)c3cccc4ccccc34)Oc3ccccc32)cc1C(=O)O.Cl. The first-order valence-corrected chi connectivity index (χ1v) is 12.8. The lowest BCUT2D eigenvalue weighted by molar-refractivity contribution is 0.0696. The molecule has 5 heteroatoms. The highest BCUT2D eigenvalue weighted by molar-refractivity contribution is 5.89. The molecule has 0 aromatic heterocycles. The molecule has 4 aromatic rings. The molecule has 0 aliphatic carbocycles. The maximum atomic E-state index is 11.7. The van der Waals surface area contributed by atoms with E-state index < -0.39 is 5.97 Å². The fourth-order valence-corrected chi connectivity index (χ4v) is 5.46. The Morgan fingerprint density at radius 1 is 1.03 bits per heavy atom. The molecule has 1 aliphatic rings. The van der Waals surface area contributed by atoms with E-state index in [1.807, 2.05) is 37.3 Å². The molecule has 1 aliphatic heterocycles. The lowest BCUT2D eigenvalue weighted by Gasteiger charge is -2.33. The first-order chi connectivity index (χ1) is 17.5. The first-order valence-electron chi connectivity index (χ1n) is 12.8. The van der Waals surface area contributed by atoms with Crippen molar-refractivity contribution in [2.24, 2.45) is 0 Å². The summed E-state index contributed by atoms with van der Waals surface area (Å²) in [5.41, 5.74) is 4.66. The van der Waals surface area contributed by atoms with Crippen molar-refractivity contribution in [3.63, 3.8) is 0 Å². The number of nitrogens with one attached hydrogen (secondary N) is 1. The zero-order valence-corrected chi connectivity index (χ0v) is 22.1. The Balaban J connectivity index is 0.00000320. The minimum absolute atomic E-state index is 0. The Labute approximate surface area is 225 Å². The van der Waals surface area contributed by atoms with E-state index in [1.54, 1.807) is 0 Å². The van der Waals surface area contributed by atoms with Gasteiger partial charge in [0.15, 0.2) is 0 Å². The summed E-state index contributed by atoms with van der Waals surface area (Å²) in [5, 5.41) is 15.9. The number of aromatic carboxylic acids is 1. The third kappa shape index (κ3) is 5.82. The Morgan fingerprint density at radius 3 is 2.62 bits per heavy atom. The topological polar surface area (TPSA) is 58.6 Å². The Morgan fingerprint density at radius 2 is 1.78 bits per heavy atom. The third-order valence-electron chi connectivity index (χ3n) is 7.42. The molecule has 5 rings (SSSR count). The molecule has 4 aromatic carbocycles. The Bertz CT molecular complexity index is 1380. The normalized spacial score (nSPS) is 17.4. The molecule has 0 fully saturated rings. The van der Waals surface area contributed by atoms with Crippen LogP contribution in [0.1, 0.15) is 70.8 Å². The van der Waals surface area contributed by atoms with Gasteiger partial charge in [0.25, 0.3) is 0 Å². The number of carboxylic acids is 1. The standard InChI is InChI=1S/C32H33NO3.ClH/c1-21-16-17-24(19-29(21)32(34)35)30-20-25(36-31-15-6-5-13-28(30)31)11-8-18-33-22(2)26-14-7-10-23-9-3-4-12-27(23)26;/h3-7,9-10,12-17,19,22,25,30,33H,8,11,18,20H2,1-2H3,(H,34,35);1H/t22?,25-,30-;/m0./s1. The van der Waals surface area contributed by atoms with Crippen LogP contribution in [0.3, 0.4) is 0 Å². The summed E-state index contributed by atoms with van der Waals surface area (Å²) in [5.74, 6) is 0.159. The molecule has 0 amide bonds. The van der Waals surface area contributed by atoms with E-state index in [9.17, 15) is 9.90 Å². The molecule has 37 heavy (non-hydrogen) atoms. The number of para-hydroxylation sites is 1. The zero-order valence-electron chi connectivity index (χ0n) is 21.3. The molecule has 1 heterocycles. The van der Waals surface area contributed by atoms with Gasteiger partial charge in [-0.15, -0.1) is 12.4 Å². The number of hydrogen-bond acceptors (Lipinski definition) is 3. The molecular formula is C32H34ClNO3. The molecule has 0 radical (unpaired) electrons. The second kappa shape index (κ2) is 11.8. The monoisotopic (exact) mass is 515 g/mol. The predicted octanol–water partition coefficient (Wildman–Crippen LogP) is 7.68. The molecule has 3 atom stereocenters. The van der Waals surface area contributed by atoms with Crippen molar-refractivity contribution in [1.29, 1.82) is 0 Å². The van der Waals surface area contributed by atoms with Crippen LogP contribution in [0.15, 0.2) is 84.9 Å². The average Bonchev–Trinajstić information content (AvgIpc) is 2.90. The number of carboxylic acid groups (broad SMARTS) is 1. The number of ether oxygens (including phenoxy) is 1. The van der Waals surface area contributed by atoms with E-state index in [4.69, 9.17) is 4.74 Å². The lowest BCUT2D eigenvalue weighted by Crippen LogP contribution is -2.28. The Kier molecular flexibility index (Phi) is 8.52. The van der Waals surface area contributed by atoms with E-state index in [-0.39, 0.29) is 30.5 Å². The first kappa shape index (κ1) is 26.7. The van der Waals surface area contributed by atoms with Crippen LogP contribution in [-0.4, -0.2) is 23.7 Å². The van der Waals surface area contributed by atoms with Gasteiger partial charge in [0.1, 0.15) is 5.75 Å². The third-order valence-corrected chi connectivity index (χ3v) is 7.42. The number of rotatable bonds is 8. The number of fused-ring (bicyclic) bond motifs is 2. The van der Waals surface area contributed by atoms with Gasteiger partial charge in [-0.2, -0.15) is 0 Å². The van der Waals surface area contributed by atoms with Gasteiger partial charge in [-0.3, -0.25) is 0 Å². The second-order valence-corrected chi connectivity index (χ2v) is 9.83. The number of halogens is 1. The summed E-state index contributed by atoms with van der Waals surface area (Å²) in [4.78, 5) is 11.7. The highest BCUT2D eigenvalue weighted by atomic mass is 35.5. The number of benzene rings is 4. The van der Waals surface area contributed by atoms with Crippen LogP contribution in [0, 0.1) is 6.92 Å². The summed E-state index contributed by atoms with van der Waals surface area (Å²) in [7, 11) is 0. The quantitative estimate of drug-likeness (QED) is 0.236. The number of aryl methyl sites for hydroxylation is 1. The van der Waals surface area contributed by atoms with Gasteiger partial charge in [-0.1, -0.05) is 72.8 Å². The molecular weight excluding hydrogens is 482 g/mol. The van der Waals surface area contributed by atoms with Crippen molar-refractivity contribution in [3.8, 4) is 5.75 Å². The summed E-state index contributed by atoms with van der Waals surface area (Å²) < 4.78 is 6.39. The van der Waals surface area contributed by atoms with Gasteiger partial charge in [-0.05, 0) is 79.3 Å². The molecule has 192 valence electrons. The highest BCUT2D eigenvalue weighted by Gasteiger charge is 2.29. The summed E-state index contributed by atoms with van der Waals surface area (Å²) >= 11 is 0. The van der Waals surface area contributed by atoms with E-state index in [0.29, 0.717) is 5.56 Å².